The summed E-state index contributed by atoms with van der Waals surface area (Å²) >= 11 is 0. The number of benzene rings is 1. The standard InChI is InChI=1S/C36H51N5O5/c1-36(2,3)32(43)20-27(18-25-12-6-4-7-13-25)34(45)40-30(21-28-22-37-24-38-28)35(46)39-29(19-26-14-8-5-9-15-26)31(42)23-41-17-11-10-16-33(41)44/h4,6-7,12-13,18,22,24,26,29-31,42H,5,8-11,14-17,19-21,23H2,1-3H3,(H,37,38)(H,39,46)(H,40,45)/t29-,30-,31-/m0/s1. The molecule has 2 fully saturated rings. The van der Waals surface area contributed by atoms with Gasteiger partial charge in [-0.3, -0.25) is 19.2 Å². The molecule has 1 saturated carbocycles. The summed E-state index contributed by atoms with van der Waals surface area (Å²) in [6, 6.07) is 7.69. The zero-order valence-corrected chi connectivity index (χ0v) is 27.6. The highest BCUT2D eigenvalue weighted by molar-refractivity contribution is 6.05. The molecule has 1 aromatic carbocycles. The van der Waals surface area contributed by atoms with Crippen LogP contribution in [-0.2, 0) is 25.6 Å². The van der Waals surface area contributed by atoms with Crippen molar-refractivity contribution < 1.29 is 24.3 Å². The van der Waals surface area contributed by atoms with Crippen molar-refractivity contribution in [2.75, 3.05) is 13.1 Å². The van der Waals surface area contributed by atoms with Crippen LogP contribution in [0, 0.1) is 11.3 Å². The number of imidazole rings is 1. The molecule has 0 radical (unpaired) electrons. The van der Waals surface area contributed by atoms with E-state index in [1.807, 2.05) is 51.1 Å². The lowest BCUT2D eigenvalue weighted by molar-refractivity contribution is -0.135. The van der Waals surface area contributed by atoms with Gasteiger partial charge in [0.15, 0.2) is 0 Å². The van der Waals surface area contributed by atoms with Gasteiger partial charge in [-0.15, -0.1) is 0 Å². The maximum atomic E-state index is 14.0. The second-order valence-electron chi connectivity index (χ2n) is 13.9. The van der Waals surface area contributed by atoms with E-state index in [1.165, 1.54) is 12.7 Å². The first-order chi connectivity index (χ1) is 22.0. The summed E-state index contributed by atoms with van der Waals surface area (Å²) in [4.78, 5) is 62.4. The van der Waals surface area contributed by atoms with Crippen LogP contribution in [0.15, 0.2) is 48.4 Å². The number of aromatic nitrogens is 2. The van der Waals surface area contributed by atoms with Crippen molar-refractivity contribution in [2.24, 2.45) is 11.3 Å². The van der Waals surface area contributed by atoms with Crippen LogP contribution in [0.2, 0.25) is 0 Å². The fourth-order valence-corrected chi connectivity index (χ4v) is 6.24. The maximum Gasteiger partial charge on any atom is 0.248 e. The molecule has 1 saturated heterocycles. The number of hydrogen-bond donors (Lipinski definition) is 4. The van der Waals surface area contributed by atoms with Crippen molar-refractivity contribution >= 4 is 29.6 Å². The van der Waals surface area contributed by atoms with Crippen LogP contribution in [-0.4, -0.2) is 74.8 Å². The Morgan fingerprint density at radius 1 is 1.07 bits per heavy atom. The summed E-state index contributed by atoms with van der Waals surface area (Å²) in [6.45, 7) is 6.21. The number of carbonyl (C=O) groups is 4. The maximum absolute atomic E-state index is 14.0. The van der Waals surface area contributed by atoms with Crippen LogP contribution in [0.3, 0.4) is 0 Å². The van der Waals surface area contributed by atoms with Crippen LogP contribution >= 0.6 is 0 Å². The minimum absolute atomic E-state index is 0.0271. The zero-order chi connectivity index (χ0) is 33.1. The molecule has 0 bridgehead atoms. The molecule has 0 unspecified atom stereocenters. The fraction of sp³-hybridized carbons (Fsp3) is 0.583. The molecule has 46 heavy (non-hydrogen) atoms. The monoisotopic (exact) mass is 633 g/mol. The Morgan fingerprint density at radius 2 is 1.80 bits per heavy atom. The number of aromatic amines is 1. The number of nitrogens with one attached hydrogen (secondary N) is 3. The number of Topliss-reactive ketones (excluding diaryl/α,β-unsaturated/α-hetero) is 1. The van der Waals surface area contributed by atoms with Crippen LogP contribution in [0.4, 0.5) is 0 Å². The van der Waals surface area contributed by atoms with Crippen molar-refractivity contribution in [3.63, 3.8) is 0 Å². The molecular weight excluding hydrogens is 582 g/mol. The number of aliphatic hydroxyl groups excluding tert-OH is 1. The topological polar surface area (TPSA) is 144 Å². The molecule has 1 aliphatic heterocycles. The number of nitrogens with zero attached hydrogens (tertiary/aromatic N) is 2. The molecule has 2 aliphatic rings. The highest BCUT2D eigenvalue weighted by Gasteiger charge is 2.33. The van der Waals surface area contributed by atoms with E-state index in [2.05, 4.69) is 20.6 Å². The van der Waals surface area contributed by atoms with Gasteiger partial charge in [-0.1, -0.05) is 83.2 Å². The predicted molar refractivity (Wildman–Crippen MR) is 177 cm³/mol. The Hall–Kier alpha value is -3.79. The van der Waals surface area contributed by atoms with Crippen molar-refractivity contribution in [1.82, 2.24) is 25.5 Å². The van der Waals surface area contributed by atoms with E-state index < -0.39 is 35.4 Å². The predicted octanol–water partition coefficient (Wildman–Crippen LogP) is 4.35. The van der Waals surface area contributed by atoms with Gasteiger partial charge < -0.3 is 25.6 Å². The van der Waals surface area contributed by atoms with Gasteiger partial charge in [-0.25, -0.2) is 4.98 Å². The molecule has 2 heterocycles. The van der Waals surface area contributed by atoms with Gasteiger partial charge in [0.2, 0.25) is 17.7 Å². The number of ketones is 1. The number of aliphatic hydroxyl groups is 1. The van der Waals surface area contributed by atoms with E-state index in [1.54, 1.807) is 17.2 Å². The summed E-state index contributed by atoms with van der Waals surface area (Å²) in [6.07, 6.45) is 12.3. The van der Waals surface area contributed by atoms with Gasteiger partial charge >= 0.3 is 0 Å². The SMILES string of the molecule is CC(C)(C)C(=O)CC(=Cc1ccccc1)C(=O)N[C@@H](Cc1c[nH]cn1)C(=O)N[C@@H](CC1CCCCC1)[C@@H](O)CN1CCCCC1=O. The summed E-state index contributed by atoms with van der Waals surface area (Å²) < 4.78 is 0. The smallest absolute Gasteiger partial charge is 0.248 e. The molecule has 1 aromatic heterocycles. The average molecular weight is 634 g/mol. The Kier molecular flexibility index (Phi) is 12.7. The molecule has 3 amide bonds. The summed E-state index contributed by atoms with van der Waals surface area (Å²) in [5.74, 6) is -0.669. The number of likely N-dealkylation sites (tertiary alicyclic amines) is 1. The van der Waals surface area contributed by atoms with Crippen molar-refractivity contribution in [1.29, 1.82) is 0 Å². The van der Waals surface area contributed by atoms with Gasteiger partial charge in [-0.2, -0.15) is 0 Å². The van der Waals surface area contributed by atoms with Gasteiger partial charge in [0.1, 0.15) is 11.8 Å². The van der Waals surface area contributed by atoms with Crippen molar-refractivity contribution in [3.8, 4) is 0 Å². The molecule has 4 N–H and O–H groups in total. The molecule has 2 aromatic rings. The number of H-pyrrole nitrogens is 1. The lowest BCUT2D eigenvalue weighted by atomic mass is 9.83. The zero-order valence-electron chi connectivity index (χ0n) is 27.6. The minimum Gasteiger partial charge on any atom is -0.389 e. The first kappa shape index (κ1) is 35.1. The molecule has 4 rings (SSSR count). The van der Waals surface area contributed by atoms with E-state index in [0.29, 0.717) is 31.0 Å². The van der Waals surface area contributed by atoms with E-state index in [-0.39, 0.29) is 36.6 Å². The molecule has 1 aliphatic carbocycles. The Bertz CT molecular complexity index is 1330. The Balaban J connectivity index is 1.56. The third kappa shape index (κ3) is 10.6. The van der Waals surface area contributed by atoms with E-state index in [0.717, 1.165) is 44.1 Å². The largest absolute Gasteiger partial charge is 0.389 e. The molecule has 10 heteroatoms. The number of rotatable bonds is 14. The highest BCUT2D eigenvalue weighted by atomic mass is 16.3. The van der Waals surface area contributed by atoms with E-state index >= 15 is 0 Å². The summed E-state index contributed by atoms with van der Waals surface area (Å²) in [7, 11) is 0. The average Bonchev–Trinajstić information content (AvgIpc) is 3.55. The Labute approximate surface area is 272 Å². The van der Waals surface area contributed by atoms with Crippen LogP contribution < -0.4 is 10.6 Å². The molecule has 10 nitrogen and oxygen atoms in total. The Morgan fingerprint density at radius 3 is 2.46 bits per heavy atom. The van der Waals surface area contributed by atoms with Gasteiger partial charge in [0.05, 0.1) is 24.2 Å². The quantitative estimate of drug-likeness (QED) is 0.228. The van der Waals surface area contributed by atoms with Crippen molar-refractivity contribution in [3.05, 3.63) is 59.7 Å². The van der Waals surface area contributed by atoms with Gasteiger partial charge in [0.25, 0.3) is 0 Å². The molecule has 3 atom stereocenters. The first-order valence-corrected chi connectivity index (χ1v) is 16.8. The number of β-amino-alcohol motifs (C(OH)–C–C–N with tert-alkyl or cyclic N) is 1. The third-order valence-electron chi connectivity index (χ3n) is 9.14. The van der Waals surface area contributed by atoms with E-state index in [9.17, 15) is 24.3 Å². The van der Waals surface area contributed by atoms with Gasteiger partial charge in [0, 0.05) is 49.5 Å². The normalized spacial score (nSPS) is 18.5. The number of hydrogen-bond acceptors (Lipinski definition) is 6. The van der Waals surface area contributed by atoms with Crippen LogP contribution in [0.25, 0.3) is 6.08 Å². The van der Waals surface area contributed by atoms with E-state index in [4.69, 9.17) is 0 Å². The summed E-state index contributed by atoms with van der Waals surface area (Å²) in [5.41, 5.74) is 0.960. The fourth-order valence-electron chi connectivity index (χ4n) is 6.24. The lowest BCUT2D eigenvalue weighted by Gasteiger charge is -2.35. The first-order valence-electron chi connectivity index (χ1n) is 16.8. The second-order valence-corrected chi connectivity index (χ2v) is 13.9. The third-order valence-corrected chi connectivity index (χ3v) is 9.14. The molecule has 0 spiro atoms. The number of amides is 3. The van der Waals surface area contributed by atoms with Crippen LogP contribution in [0.1, 0.15) is 96.2 Å². The van der Waals surface area contributed by atoms with Gasteiger partial charge in [-0.05, 0) is 36.8 Å². The highest BCUT2D eigenvalue weighted by Crippen LogP contribution is 2.28. The summed E-state index contributed by atoms with van der Waals surface area (Å²) in [5, 5.41) is 17.4. The minimum atomic E-state index is -1.02. The van der Waals surface area contributed by atoms with Crippen molar-refractivity contribution in [2.45, 2.75) is 110 Å². The second kappa shape index (κ2) is 16.7. The molecular formula is C36H51N5O5. The molecule has 250 valence electrons. The number of carbonyl (C=O) groups excluding carboxylic acids is 4. The van der Waals surface area contributed by atoms with Crippen LogP contribution in [0.5, 0.6) is 0 Å². The lowest BCUT2D eigenvalue weighted by Crippen LogP contribution is -2.56. The number of piperidine rings is 1.